The first-order valence-corrected chi connectivity index (χ1v) is 7.56. The Morgan fingerprint density at radius 2 is 2.39 bits per heavy atom. The van der Waals surface area contributed by atoms with E-state index in [4.69, 9.17) is 4.42 Å². The summed E-state index contributed by atoms with van der Waals surface area (Å²) in [5, 5.41) is 5.49. The van der Waals surface area contributed by atoms with Crippen LogP contribution in [0.25, 0.3) is 0 Å². The first kappa shape index (κ1) is 13.8. The van der Waals surface area contributed by atoms with Crippen LogP contribution in [0.5, 0.6) is 0 Å². The predicted octanol–water partition coefficient (Wildman–Crippen LogP) is 3.33. The Morgan fingerprint density at radius 3 is 3.06 bits per heavy atom. The fourth-order valence-corrected chi connectivity index (χ4v) is 3.21. The number of nitrogens with one attached hydrogen (secondary N) is 1. The summed E-state index contributed by atoms with van der Waals surface area (Å²) in [4.78, 5) is 3.70. The van der Waals surface area contributed by atoms with Crippen LogP contribution in [0, 0.1) is 0 Å². The summed E-state index contributed by atoms with van der Waals surface area (Å²) >= 11 is 5.27. The molecule has 0 saturated carbocycles. The van der Waals surface area contributed by atoms with E-state index >= 15 is 0 Å². The lowest BCUT2D eigenvalue weighted by atomic mass is 10.4. The highest BCUT2D eigenvalue weighted by Crippen LogP contribution is 2.20. The average Bonchev–Trinajstić information content (AvgIpc) is 2.96. The Labute approximate surface area is 120 Å². The average molecular weight is 329 g/mol. The molecule has 1 N–H and O–H groups in total. The molecule has 2 aromatic heterocycles. The number of hydrogen-bond acceptors (Lipinski definition) is 4. The van der Waals surface area contributed by atoms with E-state index in [0.29, 0.717) is 0 Å². The topological polar surface area (TPSA) is 28.4 Å². The summed E-state index contributed by atoms with van der Waals surface area (Å²) in [5.74, 6) is 0.986. The molecule has 0 amide bonds. The SMILES string of the molecule is CN(CCNCc1ccco1)Cc1cc(Br)cs1. The molecule has 0 atom stereocenters. The molecule has 3 nitrogen and oxygen atoms in total. The van der Waals surface area contributed by atoms with Gasteiger partial charge in [0.15, 0.2) is 0 Å². The maximum atomic E-state index is 5.26. The second-order valence-corrected chi connectivity index (χ2v) is 6.14. The predicted molar refractivity (Wildman–Crippen MR) is 78.8 cm³/mol. The van der Waals surface area contributed by atoms with Gasteiger partial charge in [-0.05, 0) is 41.2 Å². The Kier molecular flexibility index (Phi) is 5.44. The molecule has 0 fully saturated rings. The normalized spacial score (nSPS) is 11.3. The van der Waals surface area contributed by atoms with Crippen molar-refractivity contribution in [2.75, 3.05) is 20.1 Å². The van der Waals surface area contributed by atoms with Gasteiger partial charge in [-0.3, -0.25) is 0 Å². The number of thiophene rings is 1. The van der Waals surface area contributed by atoms with Crippen LogP contribution in [0.4, 0.5) is 0 Å². The number of rotatable bonds is 7. The molecule has 0 radical (unpaired) electrons. The zero-order valence-corrected chi connectivity index (χ0v) is 12.8. The van der Waals surface area contributed by atoms with E-state index in [0.717, 1.165) is 31.9 Å². The zero-order chi connectivity index (χ0) is 12.8. The van der Waals surface area contributed by atoms with E-state index in [2.05, 4.69) is 44.6 Å². The van der Waals surface area contributed by atoms with Crippen LogP contribution in [0.1, 0.15) is 10.6 Å². The first-order chi connectivity index (χ1) is 8.74. The highest BCUT2D eigenvalue weighted by molar-refractivity contribution is 9.10. The second kappa shape index (κ2) is 7.09. The summed E-state index contributed by atoms with van der Waals surface area (Å²) in [6, 6.07) is 6.08. The number of hydrogen-bond donors (Lipinski definition) is 1. The van der Waals surface area contributed by atoms with E-state index < -0.39 is 0 Å². The third-order valence-electron chi connectivity index (χ3n) is 2.60. The molecule has 2 heterocycles. The Morgan fingerprint density at radius 1 is 1.50 bits per heavy atom. The van der Waals surface area contributed by atoms with Crippen molar-refractivity contribution in [3.05, 3.63) is 45.0 Å². The van der Waals surface area contributed by atoms with Gasteiger partial charge in [-0.1, -0.05) is 0 Å². The van der Waals surface area contributed by atoms with Crippen molar-refractivity contribution in [3.8, 4) is 0 Å². The van der Waals surface area contributed by atoms with Crippen molar-refractivity contribution >= 4 is 27.3 Å². The molecule has 0 aliphatic carbocycles. The summed E-state index contributed by atoms with van der Waals surface area (Å²) in [7, 11) is 2.14. The van der Waals surface area contributed by atoms with Crippen molar-refractivity contribution in [2.45, 2.75) is 13.1 Å². The minimum Gasteiger partial charge on any atom is -0.468 e. The van der Waals surface area contributed by atoms with Gasteiger partial charge in [0, 0.05) is 34.4 Å². The van der Waals surface area contributed by atoms with E-state index in [1.54, 1.807) is 17.6 Å². The summed E-state index contributed by atoms with van der Waals surface area (Å²) in [5.41, 5.74) is 0. The fourth-order valence-electron chi connectivity index (χ4n) is 1.68. The Bertz CT molecular complexity index is 455. The van der Waals surface area contributed by atoms with Crippen molar-refractivity contribution in [3.63, 3.8) is 0 Å². The van der Waals surface area contributed by atoms with Gasteiger partial charge in [0.2, 0.25) is 0 Å². The van der Waals surface area contributed by atoms with Crippen molar-refractivity contribution in [1.29, 1.82) is 0 Å². The van der Waals surface area contributed by atoms with Gasteiger partial charge in [-0.25, -0.2) is 0 Å². The summed E-state index contributed by atoms with van der Waals surface area (Å²) < 4.78 is 6.43. The molecule has 0 aliphatic rings. The van der Waals surface area contributed by atoms with Gasteiger partial charge < -0.3 is 14.6 Å². The van der Waals surface area contributed by atoms with E-state index in [1.165, 1.54) is 9.35 Å². The Hall–Kier alpha value is -0.620. The van der Waals surface area contributed by atoms with Crippen LogP contribution < -0.4 is 5.32 Å². The lowest BCUT2D eigenvalue weighted by Crippen LogP contribution is -2.28. The highest BCUT2D eigenvalue weighted by atomic mass is 79.9. The second-order valence-electron chi connectivity index (χ2n) is 4.23. The number of likely N-dealkylation sites (N-methyl/N-ethyl adjacent to an activating group) is 1. The lowest BCUT2D eigenvalue weighted by Gasteiger charge is -2.15. The van der Waals surface area contributed by atoms with E-state index in [-0.39, 0.29) is 0 Å². The van der Waals surface area contributed by atoms with Gasteiger partial charge in [-0.15, -0.1) is 11.3 Å². The maximum absolute atomic E-state index is 5.26. The molecule has 18 heavy (non-hydrogen) atoms. The molecule has 2 aromatic rings. The van der Waals surface area contributed by atoms with Crippen LogP contribution in [0.15, 0.2) is 38.7 Å². The molecule has 0 bridgehead atoms. The van der Waals surface area contributed by atoms with Crippen molar-refractivity contribution in [1.82, 2.24) is 10.2 Å². The van der Waals surface area contributed by atoms with Crippen LogP contribution in [-0.4, -0.2) is 25.0 Å². The lowest BCUT2D eigenvalue weighted by molar-refractivity contribution is 0.324. The minimum absolute atomic E-state index is 0.797. The van der Waals surface area contributed by atoms with Crippen LogP contribution in [0.3, 0.4) is 0 Å². The third-order valence-corrected chi connectivity index (χ3v) is 4.28. The minimum atomic E-state index is 0.797. The standard InChI is InChI=1S/C13H17BrN2OS/c1-16(9-13-7-11(14)10-18-13)5-4-15-8-12-3-2-6-17-12/h2-3,6-7,10,15H,4-5,8-9H2,1H3. The van der Waals surface area contributed by atoms with Gasteiger partial charge in [0.05, 0.1) is 12.8 Å². The maximum Gasteiger partial charge on any atom is 0.117 e. The largest absolute Gasteiger partial charge is 0.468 e. The number of furan rings is 1. The molecule has 2 rings (SSSR count). The van der Waals surface area contributed by atoms with Gasteiger partial charge in [0.25, 0.3) is 0 Å². The van der Waals surface area contributed by atoms with Gasteiger partial charge >= 0.3 is 0 Å². The molecule has 0 unspecified atom stereocenters. The monoisotopic (exact) mass is 328 g/mol. The molecular formula is C13H17BrN2OS. The Balaban J connectivity index is 1.61. The first-order valence-electron chi connectivity index (χ1n) is 5.88. The quantitative estimate of drug-likeness (QED) is 0.790. The third kappa shape index (κ3) is 4.57. The zero-order valence-electron chi connectivity index (χ0n) is 10.4. The molecule has 5 heteroatoms. The van der Waals surface area contributed by atoms with Gasteiger partial charge in [-0.2, -0.15) is 0 Å². The molecule has 98 valence electrons. The van der Waals surface area contributed by atoms with E-state index in [1.807, 2.05) is 12.1 Å². The number of halogens is 1. The molecule has 0 aromatic carbocycles. The van der Waals surface area contributed by atoms with Crippen LogP contribution in [0.2, 0.25) is 0 Å². The summed E-state index contributed by atoms with van der Waals surface area (Å²) in [6.45, 7) is 3.78. The number of nitrogens with zero attached hydrogens (tertiary/aromatic N) is 1. The fraction of sp³-hybridized carbons (Fsp3) is 0.385. The molecule has 0 aliphatic heterocycles. The van der Waals surface area contributed by atoms with Crippen LogP contribution in [-0.2, 0) is 13.1 Å². The molecule has 0 saturated heterocycles. The van der Waals surface area contributed by atoms with Crippen LogP contribution >= 0.6 is 27.3 Å². The smallest absolute Gasteiger partial charge is 0.117 e. The van der Waals surface area contributed by atoms with Gasteiger partial charge in [0.1, 0.15) is 5.76 Å². The summed E-state index contributed by atoms with van der Waals surface area (Å²) in [6.07, 6.45) is 1.71. The highest BCUT2D eigenvalue weighted by Gasteiger charge is 2.03. The van der Waals surface area contributed by atoms with Crippen molar-refractivity contribution in [2.24, 2.45) is 0 Å². The molecular weight excluding hydrogens is 312 g/mol. The van der Waals surface area contributed by atoms with E-state index in [9.17, 15) is 0 Å². The molecule has 0 spiro atoms. The van der Waals surface area contributed by atoms with Crippen molar-refractivity contribution < 1.29 is 4.42 Å².